The zero-order valence-electron chi connectivity index (χ0n) is 10.1. The van der Waals surface area contributed by atoms with Crippen molar-refractivity contribution in [3.05, 3.63) is 22.7 Å². The van der Waals surface area contributed by atoms with Crippen LogP contribution >= 0.6 is 15.9 Å². The van der Waals surface area contributed by atoms with E-state index in [1.54, 1.807) is 13.2 Å². The third-order valence-electron chi connectivity index (χ3n) is 2.48. The molecule has 0 aliphatic rings. The van der Waals surface area contributed by atoms with Gasteiger partial charge in [0.2, 0.25) is 0 Å². The number of carboxylic acids is 1. The Balaban J connectivity index is 2.29. The van der Waals surface area contributed by atoms with E-state index in [1.165, 1.54) is 4.68 Å². The van der Waals surface area contributed by atoms with Gasteiger partial charge in [-0.25, -0.2) is 4.68 Å². The number of benzene rings is 1. The summed E-state index contributed by atoms with van der Waals surface area (Å²) in [5.74, 6) is 0.329. The molecule has 0 amide bonds. The van der Waals surface area contributed by atoms with Gasteiger partial charge in [0.1, 0.15) is 5.75 Å². The molecule has 0 unspecified atom stereocenters. The number of tetrazole rings is 1. The number of nitrogens with zero attached hydrogens (tertiary/aromatic N) is 4. The summed E-state index contributed by atoms with van der Waals surface area (Å²) in [5.41, 5.74) is 0.781. The molecule has 1 aromatic carbocycles. The maximum atomic E-state index is 10.6. The molecule has 19 heavy (non-hydrogen) atoms. The number of rotatable bonds is 5. The van der Waals surface area contributed by atoms with Crippen molar-refractivity contribution in [1.82, 2.24) is 20.2 Å². The monoisotopic (exact) mass is 326 g/mol. The van der Waals surface area contributed by atoms with Crippen LogP contribution in [-0.2, 0) is 11.3 Å². The number of carboxylic acid groups (broad SMARTS) is 1. The number of aryl methyl sites for hydroxylation is 1. The number of aromatic nitrogens is 4. The molecule has 0 saturated carbocycles. The molecule has 1 aromatic heterocycles. The first-order valence-electron chi connectivity index (χ1n) is 5.43. The van der Waals surface area contributed by atoms with Gasteiger partial charge in [-0.2, -0.15) is 0 Å². The van der Waals surface area contributed by atoms with Gasteiger partial charge >= 0.3 is 5.97 Å². The lowest BCUT2D eigenvalue weighted by Gasteiger charge is -2.06. The summed E-state index contributed by atoms with van der Waals surface area (Å²) in [6, 6.07) is 5.42. The minimum absolute atomic E-state index is 0.0324. The Bertz CT molecular complexity index is 599. The topological polar surface area (TPSA) is 90.1 Å². The summed E-state index contributed by atoms with van der Waals surface area (Å²) in [5, 5.41) is 19.9. The van der Waals surface area contributed by atoms with Crippen LogP contribution in [0.15, 0.2) is 22.7 Å². The molecule has 0 aliphatic carbocycles. The van der Waals surface area contributed by atoms with Crippen molar-refractivity contribution in [2.45, 2.75) is 13.0 Å². The fourth-order valence-electron chi connectivity index (χ4n) is 1.57. The number of aliphatic carboxylic acids is 1. The van der Waals surface area contributed by atoms with Crippen LogP contribution in [0.4, 0.5) is 0 Å². The zero-order valence-corrected chi connectivity index (χ0v) is 11.7. The van der Waals surface area contributed by atoms with Crippen LogP contribution in [0, 0.1) is 0 Å². The zero-order chi connectivity index (χ0) is 13.8. The summed E-state index contributed by atoms with van der Waals surface area (Å²) >= 11 is 3.38. The van der Waals surface area contributed by atoms with Crippen molar-refractivity contribution in [2.75, 3.05) is 7.11 Å². The minimum atomic E-state index is -0.891. The Labute approximate surface area is 117 Å². The first-order valence-corrected chi connectivity index (χ1v) is 6.23. The van der Waals surface area contributed by atoms with Crippen LogP contribution in [0.25, 0.3) is 11.4 Å². The second kappa shape index (κ2) is 5.79. The average Bonchev–Trinajstić information content (AvgIpc) is 2.84. The predicted octanol–water partition coefficient (Wildman–Crippen LogP) is 1.59. The van der Waals surface area contributed by atoms with Crippen LogP contribution < -0.4 is 4.74 Å². The van der Waals surface area contributed by atoms with Gasteiger partial charge < -0.3 is 9.84 Å². The van der Waals surface area contributed by atoms with Gasteiger partial charge in [0.25, 0.3) is 0 Å². The Morgan fingerprint density at radius 3 is 2.95 bits per heavy atom. The third-order valence-corrected chi connectivity index (χ3v) is 3.10. The molecule has 1 N–H and O–H groups in total. The summed E-state index contributed by atoms with van der Waals surface area (Å²) in [6.07, 6.45) is -0.0324. The van der Waals surface area contributed by atoms with Gasteiger partial charge in [-0.05, 0) is 44.6 Å². The number of halogens is 1. The molecule has 0 spiro atoms. The van der Waals surface area contributed by atoms with Crippen molar-refractivity contribution in [1.29, 1.82) is 0 Å². The second-order valence-corrected chi connectivity index (χ2v) is 4.57. The van der Waals surface area contributed by atoms with E-state index in [1.807, 2.05) is 12.1 Å². The lowest BCUT2D eigenvalue weighted by atomic mass is 10.2. The first-order chi connectivity index (χ1) is 9.11. The third kappa shape index (κ3) is 3.08. The summed E-state index contributed by atoms with van der Waals surface area (Å²) < 4.78 is 7.38. The standard InChI is InChI=1S/C11H11BrN4O3/c1-19-9-3-2-7(6-8(9)12)11-13-14-15-16(11)5-4-10(17)18/h2-3,6H,4-5H2,1H3,(H,17,18). The van der Waals surface area contributed by atoms with Gasteiger partial charge in [0.05, 0.1) is 24.5 Å². The lowest BCUT2D eigenvalue weighted by molar-refractivity contribution is -0.137. The molecular formula is C11H11BrN4O3. The molecule has 0 aliphatic heterocycles. The van der Waals surface area contributed by atoms with Crippen LogP contribution in [0.5, 0.6) is 5.75 Å². The largest absolute Gasteiger partial charge is 0.496 e. The van der Waals surface area contributed by atoms with Crippen molar-refractivity contribution in [3.63, 3.8) is 0 Å². The van der Waals surface area contributed by atoms with Crippen LogP contribution in [0.1, 0.15) is 6.42 Å². The summed E-state index contributed by atoms with van der Waals surface area (Å²) in [6.45, 7) is 0.224. The number of hydrogen-bond donors (Lipinski definition) is 1. The van der Waals surface area contributed by atoms with Crippen molar-refractivity contribution >= 4 is 21.9 Å². The highest BCUT2D eigenvalue weighted by Gasteiger charge is 2.12. The Hall–Kier alpha value is -1.96. The summed E-state index contributed by atoms with van der Waals surface area (Å²) in [4.78, 5) is 10.6. The quantitative estimate of drug-likeness (QED) is 0.897. The molecule has 100 valence electrons. The predicted molar refractivity (Wildman–Crippen MR) is 69.8 cm³/mol. The second-order valence-electron chi connectivity index (χ2n) is 3.72. The Kier molecular flexibility index (Phi) is 4.10. The lowest BCUT2D eigenvalue weighted by Crippen LogP contribution is -2.07. The van der Waals surface area contributed by atoms with Gasteiger partial charge in [-0.15, -0.1) is 5.10 Å². The van der Waals surface area contributed by atoms with E-state index < -0.39 is 5.97 Å². The normalized spacial score (nSPS) is 10.4. The van der Waals surface area contributed by atoms with Crippen molar-refractivity contribution in [2.24, 2.45) is 0 Å². The number of ether oxygens (including phenoxy) is 1. The number of hydrogen-bond acceptors (Lipinski definition) is 5. The van der Waals surface area contributed by atoms with E-state index >= 15 is 0 Å². The molecule has 0 saturated heterocycles. The van der Waals surface area contributed by atoms with E-state index in [2.05, 4.69) is 31.5 Å². The van der Waals surface area contributed by atoms with Gasteiger partial charge in [0, 0.05) is 5.56 Å². The average molecular weight is 327 g/mol. The molecule has 7 nitrogen and oxygen atoms in total. The number of carbonyl (C=O) groups is 1. The molecule has 0 fully saturated rings. The number of methoxy groups -OCH3 is 1. The van der Waals surface area contributed by atoms with Crippen molar-refractivity contribution < 1.29 is 14.6 Å². The van der Waals surface area contributed by atoms with Gasteiger partial charge in [0.15, 0.2) is 5.82 Å². The van der Waals surface area contributed by atoms with Gasteiger partial charge in [-0.1, -0.05) is 0 Å². The smallest absolute Gasteiger partial charge is 0.305 e. The highest BCUT2D eigenvalue weighted by atomic mass is 79.9. The highest BCUT2D eigenvalue weighted by molar-refractivity contribution is 9.10. The molecule has 2 rings (SSSR count). The van der Waals surface area contributed by atoms with Crippen LogP contribution in [0.3, 0.4) is 0 Å². The maximum Gasteiger partial charge on any atom is 0.305 e. The Morgan fingerprint density at radius 1 is 1.53 bits per heavy atom. The van der Waals surface area contributed by atoms with Crippen molar-refractivity contribution in [3.8, 4) is 17.1 Å². The first kappa shape index (κ1) is 13.5. The fourth-order valence-corrected chi connectivity index (χ4v) is 2.11. The SMILES string of the molecule is COc1ccc(-c2nnnn2CCC(=O)O)cc1Br. The fraction of sp³-hybridized carbons (Fsp3) is 0.273. The minimum Gasteiger partial charge on any atom is -0.496 e. The molecule has 8 heteroatoms. The van der Waals surface area contributed by atoms with Gasteiger partial charge in [-0.3, -0.25) is 4.79 Å². The van der Waals surface area contributed by atoms with E-state index in [4.69, 9.17) is 9.84 Å². The Morgan fingerprint density at radius 2 is 2.32 bits per heavy atom. The van der Waals surface area contributed by atoms with Crippen LogP contribution in [0.2, 0.25) is 0 Å². The molecular weight excluding hydrogens is 316 g/mol. The molecule has 1 heterocycles. The maximum absolute atomic E-state index is 10.6. The highest BCUT2D eigenvalue weighted by Crippen LogP contribution is 2.29. The van der Waals surface area contributed by atoms with Crippen LogP contribution in [-0.4, -0.2) is 38.4 Å². The van der Waals surface area contributed by atoms with E-state index in [9.17, 15) is 4.79 Å². The van der Waals surface area contributed by atoms with E-state index in [0.717, 1.165) is 10.0 Å². The summed E-state index contributed by atoms with van der Waals surface area (Å²) in [7, 11) is 1.58. The molecule has 2 aromatic rings. The molecule has 0 bridgehead atoms. The molecule has 0 atom stereocenters. The molecule has 0 radical (unpaired) electrons. The van der Waals surface area contributed by atoms with E-state index in [-0.39, 0.29) is 13.0 Å². The van der Waals surface area contributed by atoms with E-state index in [0.29, 0.717) is 11.6 Å².